The van der Waals surface area contributed by atoms with Crippen LogP contribution in [-0.4, -0.2) is 44.2 Å². The zero-order valence-corrected chi connectivity index (χ0v) is 19.5. The Kier molecular flexibility index (Phi) is 6.37. The van der Waals surface area contributed by atoms with Crippen molar-refractivity contribution in [3.05, 3.63) is 47.5 Å². The van der Waals surface area contributed by atoms with E-state index >= 15 is 0 Å². The van der Waals surface area contributed by atoms with Gasteiger partial charge in [-0.15, -0.1) is 0 Å². The van der Waals surface area contributed by atoms with Gasteiger partial charge in [-0.1, -0.05) is 20.8 Å². The fraction of sp³-hybridized carbons (Fsp3) is 0.318. The molecule has 1 saturated heterocycles. The molecule has 0 saturated carbocycles. The SMILES string of the molecule is CC(C)(C)c1cc(N2CCC(=O)NC2=O)cc(NC(=O)c2ccc(NS(C)(=O)=O)cc2)c1O. The van der Waals surface area contributed by atoms with Crippen molar-refractivity contribution in [2.24, 2.45) is 0 Å². The molecule has 1 aliphatic rings. The second-order valence-electron chi connectivity index (χ2n) is 8.80. The Morgan fingerprint density at radius 3 is 2.30 bits per heavy atom. The second kappa shape index (κ2) is 8.74. The zero-order valence-electron chi connectivity index (χ0n) is 18.7. The maximum atomic E-state index is 12.8. The van der Waals surface area contributed by atoms with E-state index in [2.05, 4.69) is 15.4 Å². The largest absolute Gasteiger partial charge is 0.505 e. The first-order valence-corrected chi connectivity index (χ1v) is 12.0. The van der Waals surface area contributed by atoms with E-state index < -0.39 is 27.4 Å². The lowest BCUT2D eigenvalue weighted by molar-refractivity contribution is -0.120. The van der Waals surface area contributed by atoms with Gasteiger partial charge in [-0.2, -0.15) is 0 Å². The summed E-state index contributed by atoms with van der Waals surface area (Å²) in [6.07, 6.45) is 1.15. The van der Waals surface area contributed by atoms with Crippen molar-refractivity contribution in [2.75, 3.05) is 27.7 Å². The molecule has 176 valence electrons. The van der Waals surface area contributed by atoms with Gasteiger partial charge in [0.15, 0.2) is 0 Å². The van der Waals surface area contributed by atoms with E-state index in [-0.39, 0.29) is 35.9 Å². The van der Waals surface area contributed by atoms with Gasteiger partial charge in [0.2, 0.25) is 15.9 Å². The Balaban J connectivity index is 1.94. The van der Waals surface area contributed by atoms with Gasteiger partial charge in [0.25, 0.3) is 5.91 Å². The van der Waals surface area contributed by atoms with Crippen LogP contribution in [0.15, 0.2) is 36.4 Å². The summed E-state index contributed by atoms with van der Waals surface area (Å²) in [6.45, 7) is 5.81. The van der Waals surface area contributed by atoms with Crippen molar-refractivity contribution in [3.8, 4) is 5.75 Å². The standard InChI is InChI=1S/C22H26N4O6S/c1-22(2,3)16-11-15(26-10-9-18(27)24-21(26)30)12-17(19(16)28)23-20(29)13-5-7-14(8-6-13)25-33(4,31)32/h5-8,11-12,25,28H,9-10H2,1-4H3,(H,23,29)(H,24,27,30). The van der Waals surface area contributed by atoms with Crippen LogP contribution in [-0.2, 0) is 20.2 Å². The molecule has 0 radical (unpaired) electrons. The molecule has 0 bridgehead atoms. The van der Waals surface area contributed by atoms with Crippen LogP contribution in [0.5, 0.6) is 5.75 Å². The van der Waals surface area contributed by atoms with E-state index in [1.54, 1.807) is 6.07 Å². The molecule has 4 amide bonds. The summed E-state index contributed by atoms with van der Waals surface area (Å²) in [4.78, 5) is 38.0. The van der Waals surface area contributed by atoms with E-state index in [0.29, 0.717) is 16.9 Å². The number of carbonyl (C=O) groups is 3. The van der Waals surface area contributed by atoms with Crippen LogP contribution in [0.25, 0.3) is 0 Å². The number of phenols is 1. The van der Waals surface area contributed by atoms with Crippen LogP contribution in [0.4, 0.5) is 21.9 Å². The highest BCUT2D eigenvalue weighted by atomic mass is 32.2. The van der Waals surface area contributed by atoms with Gasteiger partial charge in [0, 0.05) is 35.5 Å². The monoisotopic (exact) mass is 474 g/mol. The van der Waals surface area contributed by atoms with E-state index in [9.17, 15) is 27.9 Å². The summed E-state index contributed by atoms with van der Waals surface area (Å²) in [5.74, 6) is -1.04. The molecule has 0 aromatic heterocycles. The van der Waals surface area contributed by atoms with Crippen LogP contribution in [0, 0.1) is 0 Å². The first kappa shape index (κ1) is 24.1. The number of nitrogens with one attached hydrogen (secondary N) is 3. The molecule has 2 aromatic carbocycles. The third-order valence-corrected chi connectivity index (χ3v) is 5.57. The van der Waals surface area contributed by atoms with Gasteiger partial charge in [-0.3, -0.25) is 24.5 Å². The van der Waals surface area contributed by atoms with Crippen molar-refractivity contribution in [2.45, 2.75) is 32.6 Å². The molecule has 1 heterocycles. The van der Waals surface area contributed by atoms with E-state index in [1.165, 1.54) is 35.2 Å². The van der Waals surface area contributed by atoms with Crippen molar-refractivity contribution < 1.29 is 27.9 Å². The highest BCUT2D eigenvalue weighted by Gasteiger charge is 2.28. The molecule has 11 heteroatoms. The van der Waals surface area contributed by atoms with Crippen molar-refractivity contribution in [1.82, 2.24) is 5.32 Å². The molecule has 0 atom stereocenters. The van der Waals surface area contributed by atoms with Gasteiger partial charge in [-0.05, 0) is 41.8 Å². The molecule has 10 nitrogen and oxygen atoms in total. The highest BCUT2D eigenvalue weighted by Crippen LogP contribution is 2.40. The number of rotatable bonds is 5. The summed E-state index contributed by atoms with van der Waals surface area (Å²) >= 11 is 0. The predicted octanol–water partition coefficient (Wildman–Crippen LogP) is 2.76. The van der Waals surface area contributed by atoms with Gasteiger partial charge in [0.1, 0.15) is 5.75 Å². The number of anilines is 3. The molecule has 0 aliphatic carbocycles. The second-order valence-corrected chi connectivity index (χ2v) is 10.5. The Labute approximate surface area is 192 Å². The lowest BCUT2D eigenvalue weighted by Gasteiger charge is -2.30. The quantitative estimate of drug-likeness (QED) is 0.491. The fourth-order valence-corrected chi connectivity index (χ4v) is 3.92. The predicted molar refractivity (Wildman–Crippen MR) is 125 cm³/mol. The molecule has 3 rings (SSSR count). The first-order chi connectivity index (χ1) is 15.2. The summed E-state index contributed by atoms with van der Waals surface area (Å²) in [6, 6.07) is 8.33. The minimum absolute atomic E-state index is 0.102. The van der Waals surface area contributed by atoms with Crippen LogP contribution in [0.1, 0.15) is 43.1 Å². The van der Waals surface area contributed by atoms with Crippen LogP contribution < -0.4 is 20.3 Å². The Morgan fingerprint density at radius 2 is 1.76 bits per heavy atom. The molecule has 1 aliphatic heterocycles. The number of urea groups is 1. The number of sulfonamides is 1. The summed E-state index contributed by atoms with van der Waals surface area (Å²) < 4.78 is 25.0. The number of amides is 4. The summed E-state index contributed by atoms with van der Waals surface area (Å²) in [5.41, 5.74) is 1.06. The van der Waals surface area contributed by atoms with Crippen molar-refractivity contribution in [1.29, 1.82) is 0 Å². The number of imide groups is 1. The van der Waals surface area contributed by atoms with Crippen LogP contribution >= 0.6 is 0 Å². The average molecular weight is 475 g/mol. The zero-order chi connectivity index (χ0) is 24.6. The third-order valence-electron chi connectivity index (χ3n) is 4.97. The lowest BCUT2D eigenvalue weighted by atomic mass is 9.85. The first-order valence-electron chi connectivity index (χ1n) is 10.1. The Bertz CT molecular complexity index is 1220. The van der Waals surface area contributed by atoms with E-state index in [4.69, 9.17) is 0 Å². The Morgan fingerprint density at radius 1 is 1.12 bits per heavy atom. The van der Waals surface area contributed by atoms with Gasteiger partial charge in [0.05, 0.1) is 11.9 Å². The number of aromatic hydroxyl groups is 1. The molecule has 0 spiro atoms. The van der Waals surface area contributed by atoms with Gasteiger partial charge < -0.3 is 10.4 Å². The molecule has 33 heavy (non-hydrogen) atoms. The number of benzene rings is 2. The number of nitrogens with zero attached hydrogens (tertiary/aromatic N) is 1. The Hall–Kier alpha value is -3.60. The number of hydrogen-bond acceptors (Lipinski definition) is 6. The lowest BCUT2D eigenvalue weighted by Crippen LogP contribution is -2.49. The number of phenolic OH excluding ortho intramolecular Hbond substituents is 1. The number of hydrogen-bond donors (Lipinski definition) is 4. The van der Waals surface area contributed by atoms with Gasteiger partial charge in [-0.25, -0.2) is 13.2 Å². The maximum absolute atomic E-state index is 12.8. The maximum Gasteiger partial charge on any atom is 0.328 e. The molecular weight excluding hydrogens is 448 g/mol. The molecule has 2 aromatic rings. The van der Waals surface area contributed by atoms with Crippen LogP contribution in [0.2, 0.25) is 0 Å². The van der Waals surface area contributed by atoms with Crippen molar-refractivity contribution >= 4 is 44.9 Å². The topological polar surface area (TPSA) is 145 Å². The normalized spacial score (nSPS) is 14.6. The highest BCUT2D eigenvalue weighted by molar-refractivity contribution is 7.92. The minimum atomic E-state index is -3.45. The average Bonchev–Trinajstić information content (AvgIpc) is 2.68. The third kappa shape index (κ3) is 5.80. The molecule has 1 fully saturated rings. The minimum Gasteiger partial charge on any atom is -0.505 e. The smallest absolute Gasteiger partial charge is 0.328 e. The van der Waals surface area contributed by atoms with Gasteiger partial charge >= 0.3 is 6.03 Å². The van der Waals surface area contributed by atoms with Crippen LogP contribution in [0.3, 0.4) is 0 Å². The van der Waals surface area contributed by atoms with Crippen molar-refractivity contribution in [3.63, 3.8) is 0 Å². The fourth-order valence-electron chi connectivity index (χ4n) is 3.35. The summed E-state index contributed by atoms with van der Waals surface area (Å²) in [5, 5.41) is 15.8. The molecule has 0 unspecified atom stereocenters. The number of carbonyl (C=O) groups excluding carboxylic acids is 3. The molecule has 4 N–H and O–H groups in total. The molecular formula is C22H26N4O6S. The van der Waals surface area contributed by atoms with E-state index in [1.807, 2.05) is 20.8 Å². The van der Waals surface area contributed by atoms with E-state index in [0.717, 1.165) is 6.26 Å². The summed E-state index contributed by atoms with van der Waals surface area (Å²) in [7, 11) is -3.45.